The summed E-state index contributed by atoms with van der Waals surface area (Å²) in [6.45, 7) is 2.85. The van der Waals surface area contributed by atoms with Crippen LogP contribution in [0.3, 0.4) is 0 Å². The fourth-order valence-electron chi connectivity index (χ4n) is 3.47. The number of hydrogen-bond acceptors (Lipinski definition) is 3. The second kappa shape index (κ2) is 9.85. The van der Waals surface area contributed by atoms with Gasteiger partial charge in [-0.1, -0.05) is 42.5 Å². The van der Waals surface area contributed by atoms with E-state index in [0.717, 1.165) is 29.7 Å². The van der Waals surface area contributed by atoms with E-state index < -0.39 is 0 Å². The average Bonchev–Trinajstić information content (AvgIpc) is 3.08. The first kappa shape index (κ1) is 20.6. The lowest BCUT2D eigenvalue weighted by atomic mass is 10.1. The molecule has 0 saturated carbocycles. The number of nitrogens with one attached hydrogen (secondary N) is 1. The Morgan fingerprint density at radius 2 is 1.89 bits per heavy atom. The molecule has 5 nitrogen and oxygen atoms in total. The molecular weight excluding hydrogens is 418 g/mol. The summed E-state index contributed by atoms with van der Waals surface area (Å²) in [6.07, 6.45) is 1.14. The normalized spacial score (nSPS) is 16.6. The molecule has 6 heteroatoms. The van der Waals surface area contributed by atoms with Gasteiger partial charge in [0.15, 0.2) is 0 Å². The molecule has 1 heterocycles. The molecule has 1 unspecified atom stereocenters. The van der Waals surface area contributed by atoms with Crippen LogP contribution in [0.2, 0.25) is 0 Å². The molecule has 1 aliphatic heterocycles. The van der Waals surface area contributed by atoms with E-state index in [2.05, 4.69) is 45.3 Å². The van der Waals surface area contributed by atoms with Gasteiger partial charge in [0.05, 0.1) is 11.6 Å². The Hall–Kier alpha value is -2.18. The first-order chi connectivity index (χ1) is 13.5. The molecule has 1 N–H and O–H groups in total. The van der Waals surface area contributed by atoms with E-state index >= 15 is 0 Å². The molecule has 0 radical (unpaired) electrons. The molecule has 1 atom stereocenters. The number of nitrogens with zero attached hydrogens (tertiary/aromatic N) is 2. The Labute approximate surface area is 174 Å². The topological polar surface area (TPSA) is 52.7 Å². The third-order valence-corrected chi connectivity index (χ3v) is 5.62. The quantitative estimate of drug-likeness (QED) is 0.635. The predicted molar refractivity (Wildman–Crippen MR) is 115 cm³/mol. The van der Waals surface area contributed by atoms with E-state index in [9.17, 15) is 9.59 Å². The fraction of sp³-hybridized carbons (Fsp3) is 0.364. The molecule has 0 spiro atoms. The third kappa shape index (κ3) is 5.42. The summed E-state index contributed by atoms with van der Waals surface area (Å²) < 4.78 is 0.867. The van der Waals surface area contributed by atoms with Gasteiger partial charge in [-0.2, -0.15) is 0 Å². The molecule has 1 saturated heterocycles. The van der Waals surface area contributed by atoms with Crippen LogP contribution >= 0.6 is 15.9 Å². The number of carbonyl (C=O) groups is 2. The summed E-state index contributed by atoms with van der Waals surface area (Å²) in [4.78, 5) is 28.8. The van der Waals surface area contributed by atoms with Crippen molar-refractivity contribution in [2.45, 2.75) is 19.4 Å². The van der Waals surface area contributed by atoms with Gasteiger partial charge in [-0.05, 0) is 53.6 Å². The molecule has 1 fully saturated rings. The second-order valence-electron chi connectivity index (χ2n) is 7.22. The number of para-hydroxylation sites is 1. The van der Waals surface area contributed by atoms with Gasteiger partial charge in [0.1, 0.15) is 0 Å². The highest BCUT2D eigenvalue weighted by Gasteiger charge is 2.35. The molecule has 0 bridgehead atoms. The van der Waals surface area contributed by atoms with Gasteiger partial charge >= 0.3 is 0 Å². The smallest absolute Gasteiger partial charge is 0.227 e. The first-order valence-corrected chi connectivity index (χ1v) is 10.4. The van der Waals surface area contributed by atoms with Crippen LogP contribution in [0.5, 0.6) is 0 Å². The van der Waals surface area contributed by atoms with Crippen LogP contribution in [0.4, 0.5) is 5.69 Å². The number of halogens is 1. The monoisotopic (exact) mass is 443 g/mol. The maximum absolute atomic E-state index is 12.5. The zero-order valence-electron chi connectivity index (χ0n) is 16.1. The van der Waals surface area contributed by atoms with Gasteiger partial charge in [0.2, 0.25) is 11.8 Å². The summed E-state index contributed by atoms with van der Waals surface area (Å²) in [7, 11) is 2.08. The Morgan fingerprint density at radius 1 is 1.18 bits per heavy atom. The Kier molecular flexibility index (Phi) is 7.23. The minimum absolute atomic E-state index is 0.00496. The van der Waals surface area contributed by atoms with Crippen molar-refractivity contribution in [3.05, 3.63) is 64.6 Å². The van der Waals surface area contributed by atoms with E-state index in [1.54, 1.807) is 4.90 Å². The molecular formula is C22H26BrN3O2. The van der Waals surface area contributed by atoms with Crippen LogP contribution < -0.4 is 10.2 Å². The van der Waals surface area contributed by atoms with Gasteiger partial charge in [-0.15, -0.1) is 0 Å². The number of amides is 2. The molecule has 1 aliphatic rings. The van der Waals surface area contributed by atoms with E-state index in [1.807, 2.05) is 42.5 Å². The summed E-state index contributed by atoms with van der Waals surface area (Å²) in [5, 5.41) is 2.99. The predicted octanol–water partition coefficient (Wildman–Crippen LogP) is 3.44. The average molecular weight is 444 g/mol. The highest BCUT2D eigenvalue weighted by molar-refractivity contribution is 9.10. The lowest BCUT2D eigenvalue weighted by Crippen LogP contribution is -2.34. The van der Waals surface area contributed by atoms with Gasteiger partial charge in [-0.3, -0.25) is 9.59 Å². The number of rotatable bonds is 8. The van der Waals surface area contributed by atoms with Crippen LogP contribution in [-0.4, -0.2) is 43.4 Å². The van der Waals surface area contributed by atoms with Crippen LogP contribution in [-0.2, 0) is 16.1 Å². The highest BCUT2D eigenvalue weighted by atomic mass is 79.9. The Bertz CT molecular complexity index is 812. The van der Waals surface area contributed by atoms with Crippen molar-refractivity contribution >= 4 is 33.4 Å². The SMILES string of the molecule is CN(CCCNC(=O)C1CC(=O)N(c2ccccc2Br)C1)Cc1ccccc1. The fourth-order valence-corrected chi connectivity index (χ4v) is 3.96. The number of anilines is 1. The maximum Gasteiger partial charge on any atom is 0.227 e. The van der Waals surface area contributed by atoms with Gasteiger partial charge < -0.3 is 15.1 Å². The number of benzene rings is 2. The summed E-state index contributed by atoms with van der Waals surface area (Å²) >= 11 is 3.48. The first-order valence-electron chi connectivity index (χ1n) is 9.59. The van der Waals surface area contributed by atoms with Crippen LogP contribution in [0, 0.1) is 5.92 Å². The number of hydrogen-bond donors (Lipinski definition) is 1. The van der Waals surface area contributed by atoms with Crippen LogP contribution in [0.15, 0.2) is 59.1 Å². The largest absolute Gasteiger partial charge is 0.356 e. The van der Waals surface area contributed by atoms with E-state index in [-0.39, 0.29) is 24.2 Å². The molecule has 0 aromatic heterocycles. The molecule has 2 aromatic carbocycles. The minimum Gasteiger partial charge on any atom is -0.356 e. The van der Waals surface area contributed by atoms with Crippen molar-refractivity contribution < 1.29 is 9.59 Å². The number of carbonyl (C=O) groups excluding carboxylic acids is 2. The van der Waals surface area contributed by atoms with Crippen molar-refractivity contribution in [2.24, 2.45) is 5.92 Å². The lowest BCUT2D eigenvalue weighted by molar-refractivity contribution is -0.126. The van der Waals surface area contributed by atoms with Crippen LogP contribution in [0.25, 0.3) is 0 Å². The van der Waals surface area contributed by atoms with E-state index in [0.29, 0.717) is 13.1 Å². The summed E-state index contributed by atoms with van der Waals surface area (Å²) in [6, 6.07) is 17.9. The standard InChI is InChI=1S/C22H26BrN3O2/c1-25(15-17-8-3-2-4-9-17)13-7-12-24-22(28)18-14-21(27)26(16-18)20-11-6-5-10-19(20)23/h2-6,8-11,18H,7,12-16H2,1H3,(H,24,28). The second-order valence-corrected chi connectivity index (χ2v) is 8.08. The molecule has 28 heavy (non-hydrogen) atoms. The third-order valence-electron chi connectivity index (χ3n) is 4.95. The molecule has 3 rings (SSSR count). The summed E-state index contributed by atoms with van der Waals surface area (Å²) in [5.41, 5.74) is 2.11. The van der Waals surface area contributed by atoms with Crippen molar-refractivity contribution in [3.8, 4) is 0 Å². The summed E-state index contributed by atoms with van der Waals surface area (Å²) in [5.74, 6) is -0.329. The molecule has 0 aliphatic carbocycles. The van der Waals surface area contributed by atoms with E-state index in [1.165, 1.54) is 5.56 Å². The van der Waals surface area contributed by atoms with Crippen molar-refractivity contribution in [1.29, 1.82) is 0 Å². The Balaban J connectivity index is 1.41. The van der Waals surface area contributed by atoms with Gasteiger partial charge in [0, 0.05) is 30.5 Å². The van der Waals surface area contributed by atoms with Gasteiger partial charge in [0.25, 0.3) is 0 Å². The Morgan fingerprint density at radius 3 is 2.64 bits per heavy atom. The van der Waals surface area contributed by atoms with E-state index in [4.69, 9.17) is 0 Å². The molecule has 148 valence electrons. The lowest BCUT2D eigenvalue weighted by Gasteiger charge is -2.19. The van der Waals surface area contributed by atoms with Crippen molar-refractivity contribution in [1.82, 2.24) is 10.2 Å². The zero-order valence-corrected chi connectivity index (χ0v) is 17.7. The van der Waals surface area contributed by atoms with Gasteiger partial charge in [-0.25, -0.2) is 0 Å². The van der Waals surface area contributed by atoms with Crippen LogP contribution in [0.1, 0.15) is 18.4 Å². The molecule has 2 aromatic rings. The van der Waals surface area contributed by atoms with Crippen molar-refractivity contribution in [2.75, 3.05) is 31.6 Å². The zero-order chi connectivity index (χ0) is 19.9. The molecule has 2 amide bonds. The maximum atomic E-state index is 12.5. The highest BCUT2D eigenvalue weighted by Crippen LogP contribution is 2.31. The minimum atomic E-state index is -0.290. The van der Waals surface area contributed by atoms with Crippen molar-refractivity contribution in [3.63, 3.8) is 0 Å².